The predicted molar refractivity (Wildman–Crippen MR) is 103 cm³/mol. The molecule has 2 aliphatic rings. The third-order valence-electron chi connectivity index (χ3n) is 5.25. The molecular formula is C18H36N6O. The molecule has 25 heavy (non-hydrogen) atoms. The van der Waals surface area contributed by atoms with Crippen molar-refractivity contribution in [1.82, 2.24) is 25.3 Å². The maximum absolute atomic E-state index is 11.4. The van der Waals surface area contributed by atoms with Crippen LogP contribution in [0.15, 0.2) is 4.99 Å². The molecule has 7 heteroatoms. The van der Waals surface area contributed by atoms with E-state index in [9.17, 15) is 4.79 Å². The van der Waals surface area contributed by atoms with Crippen molar-refractivity contribution in [3.05, 3.63) is 0 Å². The second-order valence-electron chi connectivity index (χ2n) is 6.92. The van der Waals surface area contributed by atoms with Crippen LogP contribution >= 0.6 is 0 Å². The van der Waals surface area contributed by atoms with Crippen LogP contribution in [0.1, 0.15) is 33.6 Å². The molecule has 2 aliphatic heterocycles. The second-order valence-corrected chi connectivity index (χ2v) is 6.92. The molecule has 0 aromatic carbocycles. The summed E-state index contributed by atoms with van der Waals surface area (Å²) in [6.45, 7) is 15.6. The Labute approximate surface area is 152 Å². The summed E-state index contributed by atoms with van der Waals surface area (Å²) in [5, 5.41) is 6.81. The van der Waals surface area contributed by atoms with Gasteiger partial charge in [-0.25, -0.2) is 0 Å². The summed E-state index contributed by atoms with van der Waals surface area (Å²) in [6, 6.07) is 0.597. The van der Waals surface area contributed by atoms with E-state index in [0.717, 1.165) is 64.9 Å². The number of aliphatic imine (C=N–C) groups is 1. The number of piperazine rings is 1. The molecule has 0 bridgehead atoms. The quantitative estimate of drug-likeness (QED) is 0.506. The minimum absolute atomic E-state index is 0.187. The largest absolute Gasteiger partial charge is 0.357 e. The number of amides is 1. The zero-order valence-electron chi connectivity index (χ0n) is 16.3. The van der Waals surface area contributed by atoms with E-state index < -0.39 is 0 Å². The number of hydrogen-bond donors (Lipinski definition) is 2. The lowest BCUT2D eigenvalue weighted by atomic mass is 10.2. The summed E-state index contributed by atoms with van der Waals surface area (Å²) in [4.78, 5) is 23.0. The minimum atomic E-state index is 0.187. The van der Waals surface area contributed by atoms with E-state index >= 15 is 0 Å². The fourth-order valence-electron chi connectivity index (χ4n) is 3.68. The van der Waals surface area contributed by atoms with Crippen molar-refractivity contribution < 1.29 is 4.79 Å². The summed E-state index contributed by atoms with van der Waals surface area (Å²) in [5.74, 6) is 1.11. The molecule has 2 heterocycles. The lowest BCUT2D eigenvalue weighted by Gasteiger charge is -2.34. The number of hydrogen-bond acceptors (Lipinski definition) is 4. The topological polar surface area (TPSA) is 63.2 Å². The lowest BCUT2D eigenvalue weighted by molar-refractivity contribution is -0.130. The van der Waals surface area contributed by atoms with Crippen molar-refractivity contribution >= 4 is 11.9 Å². The van der Waals surface area contributed by atoms with E-state index in [0.29, 0.717) is 6.04 Å². The number of carbonyl (C=O) groups is 1. The van der Waals surface area contributed by atoms with Gasteiger partial charge in [0.1, 0.15) is 0 Å². The highest BCUT2D eigenvalue weighted by molar-refractivity contribution is 5.79. The number of guanidine groups is 1. The van der Waals surface area contributed by atoms with Crippen LogP contribution in [0.2, 0.25) is 0 Å². The van der Waals surface area contributed by atoms with Crippen molar-refractivity contribution in [3.8, 4) is 0 Å². The van der Waals surface area contributed by atoms with Gasteiger partial charge in [0, 0.05) is 58.8 Å². The molecule has 2 fully saturated rings. The highest BCUT2D eigenvalue weighted by atomic mass is 16.2. The van der Waals surface area contributed by atoms with E-state index in [2.05, 4.69) is 34.3 Å². The smallest absolute Gasteiger partial charge is 0.219 e. The van der Waals surface area contributed by atoms with Gasteiger partial charge in [0.2, 0.25) is 5.91 Å². The Balaban J connectivity index is 1.70. The number of carbonyl (C=O) groups excluding carboxylic acids is 1. The second kappa shape index (κ2) is 10.6. The molecule has 0 aromatic heterocycles. The maximum Gasteiger partial charge on any atom is 0.219 e. The van der Waals surface area contributed by atoms with Crippen molar-refractivity contribution in [3.63, 3.8) is 0 Å². The van der Waals surface area contributed by atoms with Gasteiger partial charge in [-0.05, 0) is 32.9 Å². The van der Waals surface area contributed by atoms with Gasteiger partial charge >= 0.3 is 0 Å². The Bertz CT molecular complexity index is 433. The van der Waals surface area contributed by atoms with Gasteiger partial charge < -0.3 is 15.5 Å². The van der Waals surface area contributed by atoms with Gasteiger partial charge in [-0.1, -0.05) is 6.92 Å². The zero-order chi connectivity index (χ0) is 18.1. The number of rotatable bonds is 7. The van der Waals surface area contributed by atoms with Crippen LogP contribution in [-0.4, -0.2) is 98.1 Å². The van der Waals surface area contributed by atoms with Gasteiger partial charge in [-0.15, -0.1) is 0 Å². The highest BCUT2D eigenvalue weighted by Crippen LogP contribution is 2.16. The third-order valence-corrected chi connectivity index (χ3v) is 5.25. The van der Waals surface area contributed by atoms with Crippen LogP contribution < -0.4 is 10.6 Å². The number of nitrogens with one attached hydrogen (secondary N) is 2. The van der Waals surface area contributed by atoms with Crippen LogP contribution in [0.25, 0.3) is 0 Å². The molecule has 0 spiro atoms. The maximum atomic E-state index is 11.4. The molecule has 2 N–H and O–H groups in total. The normalized spacial score (nSPS) is 23.1. The highest BCUT2D eigenvalue weighted by Gasteiger charge is 2.22. The molecule has 0 radical (unpaired) electrons. The first-order valence-corrected chi connectivity index (χ1v) is 9.88. The average Bonchev–Trinajstić information content (AvgIpc) is 3.07. The molecule has 7 nitrogen and oxygen atoms in total. The van der Waals surface area contributed by atoms with E-state index in [-0.39, 0.29) is 5.91 Å². The van der Waals surface area contributed by atoms with Crippen molar-refractivity contribution in [1.29, 1.82) is 0 Å². The molecule has 1 atom stereocenters. The molecule has 0 aromatic rings. The number of likely N-dealkylation sites (N-methyl/N-ethyl adjacent to an activating group) is 1. The van der Waals surface area contributed by atoms with E-state index in [1.54, 1.807) is 6.92 Å². The molecule has 0 saturated carbocycles. The van der Waals surface area contributed by atoms with Crippen LogP contribution in [0.4, 0.5) is 0 Å². The Morgan fingerprint density at radius 3 is 2.52 bits per heavy atom. The molecule has 1 amide bonds. The standard InChI is InChI=1S/C18H36N6O/c1-4-19-18(21-15-17-7-6-9-23(17)5-2)20-8-10-22-11-13-24(14-12-22)16(3)25/h17H,4-15H2,1-3H3,(H2,19,20,21). The predicted octanol–water partition coefficient (Wildman–Crippen LogP) is 0.190. The summed E-state index contributed by atoms with van der Waals surface area (Å²) in [5.41, 5.74) is 0. The molecule has 1 unspecified atom stereocenters. The summed E-state index contributed by atoms with van der Waals surface area (Å²) < 4.78 is 0. The minimum Gasteiger partial charge on any atom is -0.357 e. The van der Waals surface area contributed by atoms with Gasteiger partial charge in [-0.2, -0.15) is 0 Å². The number of nitrogens with zero attached hydrogens (tertiary/aromatic N) is 4. The van der Waals surface area contributed by atoms with Crippen LogP contribution in [-0.2, 0) is 4.79 Å². The van der Waals surface area contributed by atoms with Gasteiger partial charge in [-0.3, -0.25) is 19.6 Å². The fraction of sp³-hybridized carbons (Fsp3) is 0.889. The molecular weight excluding hydrogens is 316 g/mol. The molecule has 144 valence electrons. The first-order valence-electron chi connectivity index (χ1n) is 9.88. The van der Waals surface area contributed by atoms with Crippen LogP contribution in [0.3, 0.4) is 0 Å². The van der Waals surface area contributed by atoms with Crippen molar-refractivity contribution in [2.75, 3.05) is 65.4 Å². The van der Waals surface area contributed by atoms with E-state index in [1.807, 2.05) is 4.90 Å². The Morgan fingerprint density at radius 2 is 1.88 bits per heavy atom. The van der Waals surface area contributed by atoms with Gasteiger partial charge in [0.05, 0.1) is 6.54 Å². The summed E-state index contributed by atoms with van der Waals surface area (Å²) in [6.07, 6.45) is 2.56. The van der Waals surface area contributed by atoms with E-state index in [1.165, 1.54) is 19.4 Å². The Kier molecular flexibility index (Phi) is 8.48. The lowest BCUT2D eigenvalue weighted by Crippen LogP contribution is -2.50. The first kappa shape index (κ1) is 20.0. The molecule has 2 rings (SSSR count). The zero-order valence-corrected chi connectivity index (χ0v) is 16.3. The SMILES string of the molecule is CCNC(=NCC1CCCN1CC)NCCN1CCN(C(C)=O)CC1. The molecule has 0 aliphatic carbocycles. The van der Waals surface area contributed by atoms with E-state index in [4.69, 9.17) is 4.99 Å². The first-order chi connectivity index (χ1) is 12.1. The summed E-state index contributed by atoms with van der Waals surface area (Å²) >= 11 is 0. The van der Waals surface area contributed by atoms with Gasteiger partial charge in [0.15, 0.2) is 5.96 Å². The Hall–Kier alpha value is -1.34. The number of likely N-dealkylation sites (tertiary alicyclic amines) is 1. The monoisotopic (exact) mass is 352 g/mol. The summed E-state index contributed by atoms with van der Waals surface area (Å²) in [7, 11) is 0. The van der Waals surface area contributed by atoms with Gasteiger partial charge in [0.25, 0.3) is 0 Å². The Morgan fingerprint density at radius 1 is 1.12 bits per heavy atom. The van der Waals surface area contributed by atoms with Crippen LogP contribution in [0.5, 0.6) is 0 Å². The van der Waals surface area contributed by atoms with Crippen molar-refractivity contribution in [2.45, 2.75) is 39.7 Å². The average molecular weight is 353 g/mol. The molecule has 2 saturated heterocycles. The van der Waals surface area contributed by atoms with Crippen molar-refractivity contribution in [2.24, 2.45) is 4.99 Å². The fourth-order valence-corrected chi connectivity index (χ4v) is 3.68. The third kappa shape index (κ3) is 6.47. The van der Waals surface area contributed by atoms with Crippen LogP contribution in [0, 0.1) is 0 Å².